The van der Waals surface area contributed by atoms with E-state index in [1.807, 2.05) is 52.4 Å². The number of ether oxygens (including phenoxy) is 1. The lowest BCUT2D eigenvalue weighted by Crippen LogP contribution is -2.40. The second kappa shape index (κ2) is 10.3. The Balaban J connectivity index is 0.00000274. The van der Waals surface area contributed by atoms with E-state index in [9.17, 15) is 4.79 Å². The van der Waals surface area contributed by atoms with Crippen molar-refractivity contribution in [3.8, 4) is 17.2 Å². The third-order valence-electron chi connectivity index (χ3n) is 5.92. The van der Waals surface area contributed by atoms with Crippen LogP contribution in [0.15, 0.2) is 60.0 Å². The summed E-state index contributed by atoms with van der Waals surface area (Å²) in [7, 11) is 0. The molecule has 4 aromatic rings. The van der Waals surface area contributed by atoms with Crippen LogP contribution in [0.2, 0.25) is 0 Å². The van der Waals surface area contributed by atoms with Crippen molar-refractivity contribution in [2.75, 3.05) is 32.6 Å². The van der Waals surface area contributed by atoms with Crippen molar-refractivity contribution in [2.24, 2.45) is 0 Å². The van der Waals surface area contributed by atoms with Gasteiger partial charge in [0.15, 0.2) is 0 Å². The number of benzene rings is 1. The molecule has 0 aliphatic carbocycles. The molecule has 4 heterocycles. The van der Waals surface area contributed by atoms with Gasteiger partial charge in [0.1, 0.15) is 0 Å². The molecule has 176 valence electrons. The summed E-state index contributed by atoms with van der Waals surface area (Å²) in [5.41, 5.74) is 4.54. The highest BCUT2D eigenvalue weighted by molar-refractivity contribution is 7.98. The third kappa shape index (κ3) is 4.54. The van der Waals surface area contributed by atoms with E-state index >= 15 is 0 Å². The molecule has 0 atom stereocenters. The number of morpholine rings is 1. The quantitative estimate of drug-likeness (QED) is 0.408. The predicted octanol–water partition coefficient (Wildman–Crippen LogP) is 3.41. The molecule has 9 heteroatoms. The maximum Gasteiger partial charge on any atom is 0.254 e. The number of fused-ring (bicyclic) bond motifs is 1. The fraction of sp³-hybridized carbons (Fsp3) is 0.280. The molecule has 1 aliphatic rings. The molecule has 0 radical (unpaired) electrons. The standard InChI is InChI=1S/C25H25N5O2S.H2O/c1-3-17-6-7-26-21(12-17)19-14-27-25(28-15-19)30-16-23(33-2)20-5-4-18(13-22(20)30)24(31)29-8-10-32-11-9-29;/h4-7,12-16H,3,8-11H2,1-2H3;1H2. The average Bonchev–Trinajstić information content (AvgIpc) is 3.27. The largest absolute Gasteiger partial charge is 0.412 e. The summed E-state index contributed by atoms with van der Waals surface area (Å²) in [6.45, 7) is 4.52. The first-order valence-corrected chi connectivity index (χ1v) is 12.2. The van der Waals surface area contributed by atoms with E-state index < -0.39 is 0 Å². The highest BCUT2D eigenvalue weighted by Crippen LogP contribution is 2.31. The number of rotatable bonds is 5. The van der Waals surface area contributed by atoms with E-state index in [1.165, 1.54) is 5.56 Å². The zero-order valence-corrected chi connectivity index (χ0v) is 20.0. The zero-order chi connectivity index (χ0) is 22.8. The molecule has 0 spiro atoms. The highest BCUT2D eigenvalue weighted by atomic mass is 32.2. The Bertz CT molecular complexity index is 1300. The van der Waals surface area contributed by atoms with Gasteiger partial charge in [-0.15, -0.1) is 11.8 Å². The SMILES string of the molecule is CCc1ccnc(-c2cnc(-n3cc(SC)c4ccc(C(=O)N5CCOCC5)cc43)nc2)c1.O. The number of aryl methyl sites for hydroxylation is 1. The molecule has 3 aromatic heterocycles. The highest BCUT2D eigenvalue weighted by Gasteiger charge is 2.20. The molecule has 0 saturated carbocycles. The number of pyridine rings is 1. The average molecular weight is 478 g/mol. The third-order valence-corrected chi connectivity index (χ3v) is 6.68. The van der Waals surface area contributed by atoms with Crippen molar-refractivity contribution in [3.05, 3.63) is 66.2 Å². The van der Waals surface area contributed by atoms with Crippen LogP contribution in [0.5, 0.6) is 0 Å². The van der Waals surface area contributed by atoms with E-state index in [4.69, 9.17) is 4.74 Å². The van der Waals surface area contributed by atoms with Gasteiger partial charge in [-0.3, -0.25) is 14.3 Å². The predicted molar refractivity (Wildman–Crippen MR) is 134 cm³/mol. The minimum atomic E-state index is 0. The Kier molecular flexibility index (Phi) is 7.26. The van der Waals surface area contributed by atoms with Crippen LogP contribution in [0.3, 0.4) is 0 Å². The molecular formula is C25H27N5O3S. The van der Waals surface area contributed by atoms with Crippen LogP contribution in [0.1, 0.15) is 22.8 Å². The maximum atomic E-state index is 13.0. The number of thioether (sulfide) groups is 1. The second-order valence-corrected chi connectivity index (χ2v) is 8.73. The molecule has 1 fully saturated rings. The number of aromatic nitrogens is 4. The molecule has 1 aliphatic heterocycles. The van der Waals surface area contributed by atoms with Crippen LogP contribution in [0, 0.1) is 0 Å². The second-order valence-electron chi connectivity index (χ2n) is 7.88. The normalized spacial score (nSPS) is 13.6. The summed E-state index contributed by atoms with van der Waals surface area (Å²) in [6.07, 6.45) is 10.5. The molecule has 1 saturated heterocycles. The van der Waals surface area contributed by atoms with Crippen LogP contribution in [-0.4, -0.2) is 68.4 Å². The number of carbonyl (C=O) groups excluding carboxylic acids is 1. The van der Waals surface area contributed by atoms with Crippen LogP contribution in [-0.2, 0) is 11.2 Å². The monoisotopic (exact) mass is 477 g/mol. The summed E-state index contributed by atoms with van der Waals surface area (Å²) < 4.78 is 7.34. The minimum absolute atomic E-state index is 0. The van der Waals surface area contributed by atoms with Crippen LogP contribution >= 0.6 is 11.8 Å². The Morgan fingerprint density at radius 2 is 1.85 bits per heavy atom. The lowest BCUT2D eigenvalue weighted by Gasteiger charge is -2.26. The van der Waals surface area contributed by atoms with E-state index in [0.29, 0.717) is 37.8 Å². The fourth-order valence-electron chi connectivity index (χ4n) is 4.04. The van der Waals surface area contributed by atoms with Crippen molar-refractivity contribution in [3.63, 3.8) is 0 Å². The van der Waals surface area contributed by atoms with Crippen molar-refractivity contribution in [1.29, 1.82) is 0 Å². The first-order valence-electron chi connectivity index (χ1n) is 11.0. The summed E-state index contributed by atoms with van der Waals surface area (Å²) in [4.78, 5) is 29.7. The summed E-state index contributed by atoms with van der Waals surface area (Å²) >= 11 is 1.66. The van der Waals surface area contributed by atoms with Gasteiger partial charge in [-0.25, -0.2) is 9.97 Å². The van der Waals surface area contributed by atoms with Gasteiger partial charge in [0, 0.05) is 59.3 Å². The molecule has 0 bridgehead atoms. The molecule has 34 heavy (non-hydrogen) atoms. The Morgan fingerprint density at radius 1 is 1.09 bits per heavy atom. The Hall–Kier alpha value is -3.27. The Labute approximate surface area is 202 Å². The summed E-state index contributed by atoms with van der Waals surface area (Å²) in [6, 6.07) is 9.94. The number of hydrogen-bond acceptors (Lipinski definition) is 6. The minimum Gasteiger partial charge on any atom is -0.412 e. The smallest absolute Gasteiger partial charge is 0.254 e. The first kappa shape index (κ1) is 23.9. The topological polar surface area (TPSA) is 105 Å². The maximum absolute atomic E-state index is 13.0. The fourth-order valence-corrected chi connectivity index (χ4v) is 4.64. The molecule has 2 N–H and O–H groups in total. The number of carbonyl (C=O) groups is 1. The molecule has 1 amide bonds. The van der Waals surface area contributed by atoms with Gasteiger partial charge >= 0.3 is 0 Å². The number of nitrogens with zero attached hydrogens (tertiary/aromatic N) is 5. The number of amides is 1. The van der Waals surface area contributed by atoms with Gasteiger partial charge in [0.05, 0.1) is 24.4 Å². The molecule has 8 nitrogen and oxygen atoms in total. The Morgan fingerprint density at radius 3 is 2.56 bits per heavy atom. The lowest BCUT2D eigenvalue weighted by atomic mass is 10.1. The van der Waals surface area contributed by atoms with Crippen LogP contribution < -0.4 is 0 Å². The lowest BCUT2D eigenvalue weighted by molar-refractivity contribution is 0.0303. The van der Waals surface area contributed by atoms with Gasteiger partial charge in [-0.2, -0.15) is 0 Å². The summed E-state index contributed by atoms with van der Waals surface area (Å²) in [5.74, 6) is 0.587. The summed E-state index contributed by atoms with van der Waals surface area (Å²) in [5, 5.41) is 1.08. The van der Waals surface area contributed by atoms with Gasteiger partial charge in [0.2, 0.25) is 5.95 Å². The van der Waals surface area contributed by atoms with Crippen molar-refractivity contribution in [2.45, 2.75) is 18.2 Å². The van der Waals surface area contributed by atoms with E-state index in [2.05, 4.69) is 27.9 Å². The number of hydrogen-bond donors (Lipinski definition) is 0. The molecule has 5 rings (SSSR count). The van der Waals surface area contributed by atoms with Gasteiger partial charge in [-0.05, 0) is 42.5 Å². The van der Waals surface area contributed by atoms with Crippen molar-refractivity contribution >= 4 is 28.6 Å². The zero-order valence-electron chi connectivity index (χ0n) is 19.2. The van der Waals surface area contributed by atoms with Crippen LogP contribution in [0.4, 0.5) is 0 Å². The van der Waals surface area contributed by atoms with Crippen LogP contribution in [0.25, 0.3) is 28.1 Å². The molecule has 1 aromatic carbocycles. The van der Waals surface area contributed by atoms with Gasteiger partial charge in [-0.1, -0.05) is 13.0 Å². The van der Waals surface area contributed by atoms with Gasteiger partial charge in [0.25, 0.3) is 5.91 Å². The molecular weight excluding hydrogens is 450 g/mol. The van der Waals surface area contributed by atoms with E-state index in [-0.39, 0.29) is 11.4 Å². The van der Waals surface area contributed by atoms with E-state index in [0.717, 1.165) is 33.5 Å². The van der Waals surface area contributed by atoms with E-state index in [1.54, 1.807) is 24.2 Å². The van der Waals surface area contributed by atoms with Crippen molar-refractivity contribution < 1.29 is 15.0 Å². The van der Waals surface area contributed by atoms with Gasteiger partial charge < -0.3 is 15.1 Å². The first-order chi connectivity index (χ1) is 16.2. The molecule has 0 unspecified atom stereocenters. The van der Waals surface area contributed by atoms with Crippen molar-refractivity contribution in [1.82, 2.24) is 24.4 Å².